The molecule has 1 N–H and O–H groups in total. The van der Waals surface area contributed by atoms with E-state index in [4.69, 9.17) is 14.6 Å². The van der Waals surface area contributed by atoms with Gasteiger partial charge in [-0.2, -0.15) is 5.10 Å². The molecule has 0 bridgehead atoms. The minimum Gasteiger partial charge on any atom is -0.504 e. The van der Waals surface area contributed by atoms with Crippen molar-refractivity contribution in [1.29, 1.82) is 0 Å². The normalized spacial score (nSPS) is 22.5. The van der Waals surface area contributed by atoms with Crippen LogP contribution in [0.1, 0.15) is 36.4 Å². The molecule has 8 nitrogen and oxygen atoms in total. The van der Waals surface area contributed by atoms with Gasteiger partial charge in [0.15, 0.2) is 11.5 Å². The first-order valence-corrected chi connectivity index (χ1v) is 12.1. The monoisotopic (exact) mass is 443 g/mol. The molecule has 0 saturated carbocycles. The van der Waals surface area contributed by atoms with Crippen molar-refractivity contribution in [3.05, 3.63) is 53.6 Å². The predicted octanol–water partition coefficient (Wildman–Crippen LogP) is 2.70. The fraction of sp³-hybridized carbons (Fsp3) is 0.409. The molecule has 3 aliphatic heterocycles. The molecule has 1 spiro atoms. The van der Waals surface area contributed by atoms with Gasteiger partial charge in [0.05, 0.1) is 25.1 Å². The van der Waals surface area contributed by atoms with Crippen molar-refractivity contribution < 1.29 is 23.0 Å². The van der Waals surface area contributed by atoms with E-state index < -0.39 is 15.7 Å². The number of ether oxygens (including phenoxy) is 2. The number of sulfonamides is 1. The van der Waals surface area contributed by atoms with Crippen LogP contribution in [0.5, 0.6) is 17.2 Å². The van der Waals surface area contributed by atoms with Gasteiger partial charge in [0.25, 0.3) is 0 Å². The zero-order chi connectivity index (χ0) is 21.8. The van der Waals surface area contributed by atoms with Crippen LogP contribution in [0.15, 0.2) is 47.6 Å². The molecule has 2 aromatic carbocycles. The van der Waals surface area contributed by atoms with Crippen molar-refractivity contribution >= 4 is 15.7 Å². The molecule has 0 aliphatic carbocycles. The highest BCUT2D eigenvalue weighted by Gasteiger charge is 2.52. The van der Waals surface area contributed by atoms with Crippen LogP contribution in [0, 0.1) is 0 Å². The Morgan fingerprint density at radius 2 is 1.94 bits per heavy atom. The summed E-state index contributed by atoms with van der Waals surface area (Å²) in [5.74, 6) is 1.31. The van der Waals surface area contributed by atoms with Crippen molar-refractivity contribution in [1.82, 2.24) is 9.31 Å². The van der Waals surface area contributed by atoms with E-state index in [0.717, 1.165) is 22.6 Å². The summed E-state index contributed by atoms with van der Waals surface area (Å²) in [6, 6.07) is 13.2. The molecular weight excluding hydrogens is 418 g/mol. The smallest absolute Gasteiger partial charge is 0.211 e. The Morgan fingerprint density at radius 1 is 1.19 bits per heavy atom. The number of methoxy groups -OCH3 is 1. The third-order valence-electron chi connectivity index (χ3n) is 6.39. The fourth-order valence-corrected chi connectivity index (χ4v) is 5.60. The van der Waals surface area contributed by atoms with Crippen LogP contribution in [-0.2, 0) is 10.0 Å². The van der Waals surface area contributed by atoms with Gasteiger partial charge in [-0.05, 0) is 24.3 Å². The zero-order valence-corrected chi connectivity index (χ0v) is 18.3. The van der Waals surface area contributed by atoms with Crippen molar-refractivity contribution in [2.45, 2.75) is 31.0 Å². The number of benzene rings is 2. The number of hydrazone groups is 1. The summed E-state index contributed by atoms with van der Waals surface area (Å²) in [6.07, 6.45) is 2.99. The molecular formula is C22H25N3O5S. The van der Waals surface area contributed by atoms with Crippen molar-refractivity contribution in [2.75, 3.05) is 26.5 Å². The average Bonchev–Trinajstić information content (AvgIpc) is 3.21. The van der Waals surface area contributed by atoms with Crippen molar-refractivity contribution in [3.63, 3.8) is 0 Å². The summed E-state index contributed by atoms with van der Waals surface area (Å²) in [5, 5.41) is 17.0. The lowest BCUT2D eigenvalue weighted by Gasteiger charge is -2.50. The Hall–Kier alpha value is -2.78. The maximum absolute atomic E-state index is 12.0. The van der Waals surface area contributed by atoms with Gasteiger partial charge in [0, 0.05) is 43.5 Å². The number of hydrogen-bond acceptors (Lipinski definition) is 7. The van der Waals surface area contributed by atoms with Crippen molar-refractivity contribution in [3.8, 4) is 17.2 Å². The number of aromatic hydroxyl groups is 1. The number of rotatable bonds is 3. The number of phenolic OH excluding ortho intramolecular Hbond substituents is 1. The number of phenols is 1. The van der Waals surface area contributed by atoms with E-state index in [1.807, 2.05) is 29.3 Å². The Morgan fingerprint density at radius 3 is 2.65 bits per heavy atom. The van der Waals surface area contributed by atoms with Crippen LogP contribution in [0.2, 0.25) is 0 Å². The highest BCUT2D eigenvalue weighted by Crippen LogP contribution is 2.50. The number of fused-ring (bicyclic) bond motifs is 4. The molecule has 0 unspecified atom stereocenters. The van der Waals surface area contributed by atoms with Crippen LogP contribution >= 0.6 is 0 Å². The first kappa shape index (κ1) is 20.1. The van der Waals surface area contributed by atoms with Gasteiger partial charge in [-0.25, -0.2) is 17.7 Å². The van der Waals surface area contributed by atoms with E-state index in [1.165, 1.54) is 17.7 Å². The van der Waals surface area contributed by atoms with Crippen molar-refractivity contribution in [2.24, 2.45) is 5.10 Å². The van der Waals surface area contributed by atoms with Gasteiger partial charge in [-0.3, -0.25) is 0 Å². The molecule has 0 radical (unpaired) electrons. The Bertz CT molecular complexity index is 1160. The molecule has 0 amide bonds. The Balaban J connectivity index is 1.54. The summed E-state index contributed by atoms with van der Waals surface area (Å²) in [7, 11) is -1.72. The van der Waals surface area contributed by atoms with Crippen LogP contribution in [0.25, 0.3) is 0 Å². The van der Waals surface area contributed by atoms with E-state index in [2.05, 4.69) is 6.07 Å². The molecule has 3 heterocycles. The van der Waals surface area contributed by atoms with Crippen LogP contribution in [-0.4, -0.2) is 60.7 Å². The second-order valence-electron chi connectivity index (χ2n) is 8.25. The molecule has 31 heavy (non-hydrogen) atoms. The first-order chi connectivity index (χ1) is 14.8. The summed E-state index contributed by atoms with van der Waals surface area (Å²) < 4.78 is 37.3. The van der Waals surface area contributed by atoms with Gasteiger partial charge in [-0.1, -0.05) is 18.2 Å². The predicted molar refractivity (Wildman–Crippen MR) is 116 cm³/mol. The highest BCUT2D eigenvalue weighted by molar-refractivity contribution is 7.88. The standard InChI is InChI=1S/C22H25N3O5S/c1-29-21-13-15(7-8-19(21)26)17-14-18-16-5-3-4-6-20(16)30-22(25(18)23-17)9-11-24(12-10-22)31(2,27)28/h3-8,13,18,26H,9-12,14H2,1-2H3/t18-/m0/s1. The zero-order valence-electron chi connectivity index (χ0n) is 17.5. The molecule has 2 aromatic rings. The molecule has 3 aliphatic rings. The lowest BCUT2D eigenvalue weighted by molar-refractivity contribution is -0.143. The summed E-state index contributed by atoms with van der Waals surface area (Å²) in [4.78, 5) is 0. The number of nitrogens with zero attached hydrogens (tertiary/aromatic N) is 3. The molecule has 1 fully saturated rings. The first-order valence-electron chi connectivity index (χ1n) is 10.3. The van der Waals surface area contributed by atoms with Crippen LogP contribution < -0.4 is 9.47 Å². The number of piperidine rings is 1. The minimum absolute atomic E-state index is 0.00420. The molecule has 164 valence electrons. The lowest BCUT2D eigenvalue weighted by atomic mass is 9.91. The summed E-state index contributed by atoms with van der Waals surface area (Å²) >= 11 is 0. The third kappa shape index (κ3) is 3.32. The second kappa shape index (κ2) is 7.13. The second-order valence-corrected chi connectivity index (χ2v) is 10.2. The lowest BCUT2D eigenvalue weighted by Crippen LogP contribution is -2.59. The van der Waals surface area contributed by atoms with Crippen LogP contribution in [0.4, 0.5) is 0 Å². The largest absolute Gasteiger partial charge is 0.504 e. The molecule has 5 rings (SSSR count). The number of para-hydroxylation sites is 1. The minimum atomic E-state index is -3.24. The molecule has 0 aromatic heterocycles. The molecule has 1 saturated heterocycles. The molecule has 1 atom stereocenters. The Labute approximate surface area is 181 Å². The van der Waals surface area contributed by atoms with E-state index in [-0.39, 0.29) is 11.8 Å². The van der Waals surface area contributed by atoms with Gasteiger partial charge in [-0.15, -0.1) is 0 Å². The fourth-order valence-electron chi connectivity index (χ4n) is 4.76. The number of hydrogen-bond donors (Lipinski definition) is 1. The van der Waals surface area contributed by atoms with E-state index in [1.54, 1.807) is 12.1 Å². The van der Waals surface area contributed by atoms with E-state index >= 15 is 0 Å². The summed E-state index contributed by atoms with van der Waals surface area (Å²) in [6.45, 7) is 0.782. The van der Waals surface area contributed by atoms with Gasteiger partial charge in [0.2, 0.25) is 15.7 Å². The topological polar surface area (TPSA) is 91.7 Å². The van der Waals surface area contributed by atoms with Gasteiger partial charge in [0.1, 0.15) is 5.75 Å². The summed E-state index contributed by atoms with van der Waals surface area (Å²) in [5.41, 5.74) is 2.14. The van der Waals surface area contributed by atoms with Gasteiger partial charge >= 0.3 is 0 Å². The van der Waals surface area contributed by atoms with E-state index in [9.17, 15) is 13.5 Å². The third-order valence-corrected chi connectivity index (χ3v) is 7.69. The van der Waals surface area contributed by atoms with E-state index in [0.29, 0.717) is 38.1 Å². The Kier molecular flexibility index (Phi) is 4.63. The SMILES string of the molecule is COc1cc(C2=NN3[C@@H](C2)c2ccccc2OC32CCN(S(C)(=O)=O)CC2)ccc1O. The highest BCUT2D eigenvalue weighted by atomic mass is 32.2. The average molecular weight is 444 g/mol. The maximum atomic E-state index is 12.0. The van der Waals surface area contributed by atoms with Gasteiger partial charge < -0.3 is 14.6 Å². The van der Waals surface area contributed by atoms with Crippen LogP contribution in [0.3, 0.4) is 0 Å². The molecule has 9 heteroatoms. The maximum Gasteiger partial charge on any atom is 0.211 e. The quantitative estimate of drug-likeness (QED) is 0.784.